The molecule has 0 spiro atoms. The van der Waals surface area contributed by atoms with E-state index < -0.39 is 0 Å². The number of aryl methyl sites for hydroxylation is 1. The molecule has 0 bridgehead atoms. The van der Waals surface area contributed by atoms with E-state index in [0.717, 1.165) is 60.2 Å². The first-order chi connectivity index (χ1) is 15.5. The summed E-state index contributed by atoms with van der Waals surface area (Å²) in [7, 11) is 1.65. The van der Waals surface area contributed by atoms with Gasteiger partial charge in [0.05, 0.1) is 13.5 Å². The van der Waals surface area contributed by atoms with Crippen molar-refractivity contribution in [1.29, 1.82) is 0 Å². The summed E-state index contributed by atoms with van der Waals surface area (Å²) in [5, 5.41) is 0.793. The molecule has 1 aliphatic rings. The molecular weight excluding hydrogens is 420 g/mol. The van der Waals surface area contributed by atoms with Crippen LogP contribution in [-0.4, -0.2) is 49.0 Å². The maximum atomic E-state index is 12.7. The Hall–Kier alpha value is -2.82. The van der Waals surface area contributed by atoms with Gasteiger partial charge in [0, 0.05) is 37.7 Å². The third-order valence-corrected chi connectivity index (χ3v) is 6.54. The van der Waals surface area contributed by atoms with Gasteiger partial charge in [0.2, 0.25) is 5.91 Å². The highest BCUT2D eigenvalue weighted by atomic mass is 35.5. The number of halogens is 1. The van der Waals surface area contributed by atoms with E-state index in [-0.39, 0.29) is 5.91 Å². The van der Waals surface area contributed by atoms with Crippen LogP contribution >= 0.6 is 11.6 Å². The molecule has 0 atom stereocenters. The minimum absolute atomic E-state index is 0.185. The molecule has 166 valence electrons. The van der Waals surface area contributed by atoms with Gasteiger partial charge in [-0.1, -0.05) is 60.1 Å². The van der Waals surface area contributed by atoms with Crippen LogP contribution in [0.2, 0.25) is 5.02 Å². The Labute approximate surface area is 195 Å². The van der Waals surface area contributed by atoms with Gasteiger partial charge in [-0.15, -0.1) is 0 Å². The molecule has 1 aliphatic heterocycles. The Kier molecular flexibility index (Phi) is 7.13. The number of rotatable bonds is 6. The highest BCUT2D eigenvalue weighted by Gasteiger charge is 2.22. The van der Waals surface area contributed by atoms with Crippen LogP contribution in [-0.2, 0) is 17.8 Å². The number of ether oxygens (including phenoxy) is 1. The number of hydrogen-bond donors (Lipinski definition) is 0. The third-order valence-electron chi connectivity index (χ3n) is 6.13. The molecule has 1 saturated heterocycles. The number of piperazine rings is 1. The van der Waals surface area contributed by atoms with Crippen molar-refractivity contribution >= 4 is 17.5 Å². The largest absolute Gasteiger partial charge is 0.497 e. The Morgan fingerprint density at radius 3 is 2.38 bits per heavy atom. The van der Waals surface area contributed by atoms with E-state index in [2.05, 4.69) is 41.3 Å². The monoisotopic (exact) mass is 448 g/mol. The predicted molar refractivity (Wildman–Crippen MR) is 130 cm³/mol. The summed E-state index contributed by atoms with van der Waals surface area (Å²) in [6.07, 6.45) is 0.432. The van der Waals surface area contributed by atoms with Crippen molar-refractivity contribution in [2.24, 2.45) is 0 Å². The quantitative estimate of drug-likeness (QED) is 0.519. The van der Waals surface area contributed by atoms with Gasteiger partial charge in [0.15, 0.2) is 0 Å². The maximum absolute atomic E-state index is 12.7. The molecule has 0 aliphatic carbocycles. The van der Waals surface area contributed by atoms with Crippen molar-refractivity contribution in [3.63, 3.8) is 0 Å². The van der Waals surface area contributed by atoms with Crippen LogP contribution in [0, 0.1) is 6.92 Å². The molecule has 0 N–H and O–H groups in total. The minimum atomic E-state index is 0.185. The fraction of sp³-hybridized carbons (Fsp3) is 0.296. The second-order valence-corrected chi connectivity index (χ2v) is 8.71. The topological polar surface area (TPSA) is 32.8 Å². The number of carbonyl (C=O) groups is 1. The maximum Gasteiger partial charge on any atom is 0.227 e. The Bertz CT molecular complexity index is 1070. The predicted octanol–water partition coefficient (Wildman–Crippen LogP) is 5.21. The van der Waals surface area contributed by atoms with Gasteiger partial charge in [0.1, 0.15) is 5.75 Å². The molecule has 0 saturated carbocycles. The molecule has 0 unspecified atom stereocenters. The molecule has 32 heavy (non-hydrogen) atoms. The van der Waals surface area contributed by atoms with Crippen LogP contribution < -0.4 is 4.74 Å². The summed E-state index contributed by atoms with van der Waals surface area (Å²) in [4.78, 5) is 17.2. The van der Waals surface area contributed by atoms with Crippen LogP contribution in [0.15, 0.2) is 66.7 Å². The fourth-order valence-electron chi connectivity index (χ4n) is 4.13. The van der Waals surface area contributed by atoms with Crippen LogP contribution in [0.4, 0.5) is 0 Å². The third kappa shape index (κ3) is 5.32. The Morgan fingerprint density at radius 1 is 0.969 bits per heavy atom. The number of methoxy groups -OCH3 is 1. The average molecular weight is 449 g/mol. The first-order valence-corrected chi connectivity index (χ1v) is 11.4. The van der Waals surface area contributed by atoms with Crippen molar-refractivity contribution < 1.29 is 9.53 Å². The van der Waals surface area contributed by atoms with Gasteiger partial charge < -0.3 is 9.64 Å². The summed E-state index contributed by atoms with van der Waals surface area (Å²) in [6.45, 7) is 6.14. The van der Waals surface area contributed by atoms with Crippen LogP contribution in [0.5, 0.6) is 5.75 Å². The summed E-state index contributed by atoms with van der Waals surface area (Å²) in [6, 6.07) is 22.5. The zero-order chi connectivity index (χ0) is 22.5. The Balaban J connectivity index is 1.36. The second kappa shape index (κ2) is 10.2. The number of carbonyl (C=O) groups excluding carboxylic acids is 1. The molecule has 0 radical (unpaired) electrons. The Morgan fingerprint density at radius 2 is 1.69 bits per heavy atom. The highest BCUT2D eigenvalue weighted by Crippen LogP contribution is 2.29. The number of nitrogens with zero attached hydrogens (tertiary/aromatic N) is 2. The van der Waals surface area contributed by atoms with E-state index in [1.807, 2.05) is 42.2 Å². The first kappa shape index (κ1) is 22.4. The van der Waals surface area contributed by atoms with Crippen molar-refractivity contribution in [3.8, 4) is 16.9 Å². The van der Waals surface area contributed by atoms with E-state index in [4.69, 9.17) is 16.3 Å². The molecule has 1 fully saturated rings. The summed E-state index contributed by atoms with van der Waals surface area (Å²) >= 11 is 6.37. The molecule has 0 aromatic heterocycles. The lowest BCUT2D eigenvalue weighted by atomic mass is 9.98. The summed E-state index contributed by atoms with van der Waals surface area (Å²) in [5.41, 5.74) is 5.74. The van der Waals surface area contributed by atoms with Crippen molar-refractivity contribution in [1.82, 2.24) is 9.80 Å². The molecule has 3 aromatic carbocycles. The highest BCUT2D eigenvalue weighted by molar-refractivity contribution is 6.31. The zero-order valence-corrected chi connectivity index (χ0v) is 19.4. The van der Waals surface area contributed by atoms with Gasteiger partial charge in [-0.3, -0.25) is 9.69 Å². The lowest BCUT2D eigenvalue weighted by molar-refractivity contribution is -0.132. The second-order valence-electron chi connectivity index (χ2n) is 8.30. The van der Waals surface area contributed by atoms with Gasteiger partial charge in [-0.2, -0.15) is 0 Å². The lowest BCUT2D eigenvalue weighted by Crippen LogP contribution is -2.48. The smallest absolute Gasteiger partial charge is 0.227 e. The van der Waals surface area contributed by atoms with Gasteiger partial charge in [-0.25, -0.2) is 0 Å². The van der Waals surface area contributed by atoms with Crippen LogP contribution in [0.25, 0.3) is 11.1 Å². The molecule has 3 aromatic rings. The number of benzene rings is 3. The molecule has 5 heteroatoms. The van der Waals surface area contributed by atoms with Crippen molar-refractivity contribution in [2.75, 3.05) is 33.3 Å². The standard InChI is InChI=1S/C27H29ClN2O2/c1-20-7-10-22(18-26(20)28)25-6-4-3-5-23(25)19-29-13-15-30(16-14-29)27(31)17-21-8-11-24(32-2)12-9-21/h3-12,18H,13-17,19H2,1-2H3. The van der Waals surface area contributed by atoms with Crippen LogP contribution in [0.1, 0.15) is 16.7 Å². The van der Waals surface area contributed by atoms with E-state index in [1.54, 1.807) is 7.11 Å². The van der Waals surface area contributed by atoms with Gasteiger partial charge in [0.25, 0.3) is 0 Å². The van der Waals surface area contributed by atoms with Gasteiger partial charge in [-0.05, 0) is 52.9 Å². The first-order valence-electron chi connectivity index (χ1n) is 11.0. The summed E-state index contributed by atoms with van der Waals surface area (Å²) in [5.74, 6) is 0.993. The van der Waals surface area contributed by atoms with E-state index >= 15 is 0 Å². The molecular formula is C27H29ClN2O2. The molecule has 4 rings (SSSR count). The SMILES string of the molecule is COc1ccc(CC(=O)N2CCN(Cc3ccccc3-c3ccc(C)c(Cl)c3)CC2)cc1. The fourth-order valence-corrected chi connectivity index (χ4v) is 4.31. The average Bonchev–Trinajstić information content (AvgIpc) is 2.82. The van der Waals surface area contributed by atoms with Crippen molar-refractivity contribution in [2.45, 2.75) is 19.9 Å². The minimum Gasteiger partial charge on any atom is -0.497 e. The number of amides is 1. The number of hydrogen-bond acceptors (Lipinski definition) is 3. The summed E-state index contributed by atoms with van der Waals surface area (Å²) < 4.78 is 5.19. The van der Waals surface area contributed by atoms with Crippen LogP contribution in [0.3, 0.4) is 0 Å². The van der Waals surface area contributed by atoms with E-state index in [0.29, 0.717) is 6.42 Å². The van der Waals surface area contributed by atoms with Gasteiger partial charge >= 0.3 is 0 Å². The van der Waals surface area contributed by atoms with E-state index in [1.165, 1.54) is 11.1 Å². The zero-order valence-electron chi connectivity index (χ0n) is 18.7. The normalized spacial score (nSPS) is 14.4. The molecule has 1 amide bonds. The van der Waals surface area contributed by atoms with E-state index in [9.17, 15) is 4.79 Å². The molecule has 4 nitrogen and oxygen atoms in total. The van der Waals surface area contributed by atoms with Crippen molar-refractivity contribution in [3.05, 3.63) is 88.4 Å². The molecule has 1 heterocycles. The lowest BCUT2D eigenvalue weighted by Gasteiger charge is -2.35.